The van der Waals surface area contributed by atoms with E-state index in [1.807, 2.05) is 26.0 Å². The van der Waals surface area contributed by atoms with Crippen LogP contribution in [0.25, 0.3) is 0 Å². The van der Waals surface area contributed by atoms with Gasteiger partial charge in [-0.05, 0) is 55.3 Å². The van der Waals surface area contributed by atoms with Crippen LogP contribution in [0, 0.1) is 13.8 Å². The predicted octanol–water partition coefficient (Wildman–Crippen LogP) is 3.68. The van der Waals surface area contributed by atoms with E-state index in [-0.39, 0.29) is 11.7 Å². The van der Waals surface area contributed by atoms with Crippen molar-refractivity contribution in [3.05, 3.63) is 65.6 Å². The molecule has 2 N–H and O–H groups in total. The number of aryl methyl sites for hydroxylation is 2. The first-order valence-electron chi connectivity index (χ1n) is 7.15. The highest BCUT2D eigenvalue weighted by molar-refractivity contribution is 6.01. The Kier molecular flexibility index (Phi) is 4.05. The summed E-state index contributed by atoms with van der Waals surface area (Å²) >= 11 is 0. The van der Waals surface area contributed by atoms with Crippen molar-refractivity contribution in [1.82, 2.24) is 10.2 Å². The number of anilines is 3. The van der Waals surface area contributed by atoms with Crippen molar-refractivity contribution in [3.63, 3.8) is 0 Å². The highest BCUT2D eigenvalue weighted by atomic mass is 16.3. The van der Waals surface area contributed by atoms with Gasteiger partial charge in [0.2, 0.25) is 0 Å². The third-order valence-electron chi connectivity index (χ3n) is 3.31. The number of carbonyl (C=O) groups excluding carboxylic acids is 1. The van der Waals surface area contributed by atoms with Gasteiger partial charge in [-0.1, -0.05) is 12.1 Å². The van der Waals surface area contributed by atoms with Gasteiger partial charge in [0, 0.05) is 5.69 Å². The second-order valence-electron chi connectivity index (χ2n) is 5.18. The predicted molar refractivity (Wildman–Crippen MR) is 87.9 cm³/mol. The van der Waals surface area contributed by atoms with E-state index in [1.165, 1.54) is 6.26 Å². The molecule has 0 saturated carbocycles. The van der Waals surface area contributed by atoms with Crippen molar-refractivity contribution in [2.24, 2.45) is 0 Å². The molecule has 0 radical (unpaired) electrons. The van der Waals surface area contributed by atoms with E-state index in [4.69, 9.17) is 4.42 Å². The van der Waals surface area contributed by atoms with Crippen molar-refractivity contribution in [2.45, 2.75) is 13.8 Å². The first kappa shape index (κ1) is 14.8. The topological polar surface area (TPSA) is 80.0 Å². The summed E-state index contributed by atoms with van der Waals surface area (Å²) in [6.45, 7) is 4.05. The lowest BCUT2D eigenvalue weighted by molar-refractivity contribution is 0.0996. The monoisotopic (exact) mass is 308 g/mol. The van der Waals surface area contributed by atoms with Crippen LogP contribution in [-0.4, -0.2) is 16.1 Å². The molecule has 0 aliphatic heterocycles. The third-order valence-corrected chi connectivity index (χ3v) is 3.31. The second-order valence-corrected chi connectivity index (χ2v) is 5.18. The maximum Gasteiger partial charge on any atom is 0.292 e. The van der Waals surface area contributed by atoms with Gasteiger partial charge in [-0.2, -0.15) is 0 Å². The molecular formula is C17H16N4O2. The number of nitrogens with zero attached hydrogens (tertiary/aromatic N) is 2. The van der Waals surface area contributed by atoms with Gasteiger partial charge >= 0.3 is 0 Å². The molecule has 0 aliphatic rings. The highest BCUT2D eigenvalue weighted by Gasteiger charge is 2.09. The molecule has 0 bridgehead atoms. The maximum absolute atomic E-state index is 11.8. The Hall–Kier alpha value is -3.15. The number of aromatic nitrogens is 2. The molecular weight excluding hydrogens is 292 g/mol. The summed E-state index contributed by atoms with van der Waals surface area (Å²) in [5, 5.41) is 13.9. The SMILES string of the molecule is Cc1ccc(C)c(Nc2ccc(NC(=O)c3ccco3)nn2)c1. The Morgan fingerprint density at radius 3 is 2.52 bits per heavy atom. The molecule has 0 saturated heterocycles. The molecule has 0 unspecified atom stereocenters. The third kappa shape index (κ3) is 3.55. The van der Waals surface area contributed by atoms with Crippen molar-refractivity contribution >= 4 is 23.2 Å². The fourth-order valence-corrected chi connectivity index (χ4v) is 2.06. The van der Waals surface area contributed by atoms with E-state index >= 15 is 0 Å². The Morgan fingerprint density at radius 2 is 1.83 bits per heavy atom. The van der Waals surface area contributed by atoms with Crippen LogP contribution in [0.15, 0.2) is 53.1 Å². The summed E-state index contributed by atoms with van der Waals surface area (Å²) in [6, 6.07) is 12.8. The fraction of sp³-hybridized carbons (Fsp3) is 0.118. The van der Waals surface area contributed by atoms with Gasteiger partial charge in [-0.3, -0.25) is 4.79 Å². The normalized spacial score (nSPS) is 10.3. The number of benzene rings is 1. The summed E-state index contributed by atoms with van der Waals surface area (Å²) in [5.41, 5.74) is 3.26. The number of carbonyl (C=O) groups is 1. The summed E-state index contributed by atoms with van der Waals surface area (Å²) in [4.78, 5) is 11.8. The van der Waals surface area contributed by atoms with E-state index in [2.05, 4.69) is 26.9 Å². The molecule has 3 rings (SSSR count). The van der Waals surface area contributed by atoms with Crippen LogP contribution in [0.2, 0.25) is 0 Å². The minimum Gasteiger partial charge on any atom is -0.459 e. The van der Waals surface area contributed by atoms with Gasteiger partial charge in [0.1, 0.15) is 0 Å². The molecule has 1 amide bonds. The summed E-state index contributed by atoms with van der Waals surface area (Å²) in [7, 11) is 0. The first-order chi connectivity index (χ1) is 11.1. The van der Waals surface area contributed by atoms with Crippen LogP contribution >= 0.6 is 0 Å². The number of hydrogen-bond donors (Lipinski definition) is 2. The molecule has 2 aromatic heterocycles. The van der Waals surface area contributed by atoms with E-state index in [0.717, 1.165) is 16.8 Å². The molecule has 6 heteroatoms. The van der Waals surface area contributed by atoms with Crippen LogP contribution in [0.3, 0.4) is 0 Å². The number of hydrogen-bond acceptors (Lipinski definition) is 5. The molecule has 0 spiro atoms. The molecule has 0 fully saturated rings. The van der Waals surface area contributed by atoms with Crippen molar-refractivity contribution in [3.8, 4) is 0 Å². The number of rotatable bonds is 4. The molecule has 1 aromatic carbocycles. The van der Waals surface area contributed by atoms with Crippen molar-refractivity contribution in [2.75, 3.05) is 10.6 Å². The van der Waals surface area contributed by atoms with E-state index < -0.39 is 0 Å². The summed E-state index contributed by atoms with van der Waals surface area (Å²) in [5.74, 6) is 0.830. The average Bonchev–Trinajstić information content (AvgIpc) is 3.07. The smallest absolute Gasteiger partial charge is 0.292 e. The van der Waals surface area contributed by atoms with Gasteiger partial charge in [0.15, 0.2) is 17.4 Å². The summed E-state index contributed by atoms with van der Waals surface area (Å²) < 4.78 is 5.02. The largest absolute Gasteiger partial charge is 0.459 e. The van der Waals surface area contributed by atoms with Gasteiger partial charge < -0.3 is 15.1 Å². The minimum absolute atomic E-state index is 0.226. The Morgan fingerprint density at radius 1 is 1.04 bits per heavy atom. The van der Waals surface area contributed by atoms with E-state index in [9.17, 15) is 4.79 Å². The Bertz CT molecular complexity index is 811. The van der Waals surface area contributed by atoms with Crippen LogP contribution in [0.1, 0.15) is 21.7 Å². The molecule has 0 atom stereocenters. The molecule has 2 heterocycles. The van der Waals surface area contributed by atoms with Crippen LogP contribution in [0.4, 0.5) is 17.3 Å². The molecule has 0 aliphatic carbocycles. The number of amides is 1. The lowest BCUT2D eigenvalue weighted by Crippen LogP contribution is -2.12. The van der Waals surface area contributed by atoms with Crippen LogP contribution < -0.4 is 10.6 Å². The highest BCUT2D eigenvalue weighted by Crippen LogP contribution is 2.20. The summed E-state index contributed by atoms with van der Waals surface area (Å²) in [6.07, 6.45) is 1.44. The van der Waals surface area contributed by atoms with Crippen molar-refractivity contribution < 1.29 is 9.21 Å². The first-order valence-corrected chi connectivity index (χ1v) is 7.15. The van der Waals surface area contributed by atoms with Gasteiger partial charge in [-0.25, -0.2) is 0 Å². The fourth-order valence-electron chi connectivity index (χ4n) is 2.06. The van der Waals surface area contributed by atoms with Gasteiger partial charge in [0.25, 0.3) is 5.91 Å². The van der Waals surface area contributed by atoms with Gasteiger partial charge in [-0.15, -0.1) is 10.2 Å². The molecule has 3 aromatic rings. The van der Waals surface area contributed by atoms with Crippen LogP contribution in [0.5, 0.6) is 0 Å². The zero-order valence-corrected chi connectivity index (χ0v) is 12.8. The maximum atomic E-state index is 11.8. The number of nitrogens with one attached hydrogen (secondary N) is 2. The molecule has 116 valence electrons. The van der Waals surface area contributed by atoms with Gasteiger partial charge in [0.05, 0.1) is 6.26 Å². The van der Waals surface area contributed by atoms with Crippen LogP contribution in [-0.2, 0) is 0 Å². The van der Waals surface area contributed by atoms with E-state index in [1.54, 1.807) is 24.3 Å². The molecule has 23 heavy (non-hydrogen) atoms. The molecule has 6 nitrogen and oxygen atoms in total. The number of furan rings is 1. The zero-order chi connectivity index (χ0) is 16.2. The minimum atomic E-state index is -0.362. The Labute approximate surface area is 133 Å². The lowest BCUT2D eigenvalue weighted by atomic mass is 10.1. The standard InChI is InChI=1S/C17H16N4O2/c1-11-5-6-12(2)13(10-11)18-15-7-8-16(21-20-15)19-17(22)14-4-3-9-23-14/h3-10H,1-2H3,(H,18,20)(H,19,21,22). The second kappa shape index (κ2) is 6.31. The van der Waals surface area contributed by atoms with Crippen molar-refractivity contribution in [1.29, 1.82) is 0 Å². The quantitative estimate of drug-likeness (QED) is 0.768. The van der Waals surface area contributed by atoms with E-state index in [0.29, 0.717) is 11.6 Å². The average molecular weight is 308 g/mol. The Balaban J connectivity index is 1.70. The lowest BCUT2D eigenvalue weighted by Gasteiger charge is -2.09. The zero-order valence-electron chi connectivity index (χ0n) is 12.8.